The van der Waals surface area contributed by atoms with E-state index in [0.29, 0.717) is 17.7 Å². The van der Waals surface area contributed by atoms with Crippen LogP contribution >= 0.6 is 0 Å². The van der Waals surface area contributed by atoms with Crippen molar-refractivity contribution < 1.29 is 23.1 Å². The van der Waals surface area contributed by atoms with Crippen LogP contribution < -0.4 is 0 Å². The fraction of sp³-hybridized carbons (Fsp3) is 0.500. The Morgan fingerprint density at radius 3 is 2.46 bits per heavy atom. The quantitative estimate of drug-likeness (QED) is 0.851. The van der Waals surface area contributed by atoms with Gasteiger partial charge in [-0.2, -0.15) is 13.2 Å². The van der Waals surface area contributed by atoms with E-state index in [4.69, 9.17) is 0 Å². The van der Waals surface area contributed by atoms with E-state index in [-0.39, 0.29) is 24.5 Å². The summed E-state index contributed by atoms with van der Waals surface area (Å²) in [5, 5.41) is 9.28. The molecule has 0 aromatic heterocycles. The highest BCUT2D eigenvalue weighted by molar-refractivity contribution is 5.95. The molecule has 3 nitrogen and oxygen atoms in total. The fourth-order valence-electron chi connectivity index (χ4n) is 2.91. The maximum absolute atomic E-state index is 12.6. The third-order valence-corrected chi connectivity index (χ3v) is 4.53. The number of allylic oxidation sites excluding steroid dienone is 1. The number of aliphatic hydroxyl groups excluding tert-OH is 1. The highest BCUT2D eigenvalue weighted by Crippen LogP contribution is 2.30. The molecule has 1 amide bonds. The van der Waals surface area contributed by atoms with E-state index < -0.39 is 11.7 Å². The van der Waals surface area contributed by atoms with E-state index >= 15 is 0 Å². The predicted octanol–water partition coefficient (Wildman–Crippen LogP) is 3.73. The Balaban J connectivity index is 2.13. The summed E-state index contributed by atoms with van der Waals surface area (Å²) < 4.78 is 37.8. The molecular formula is C18H22F3NO2. The summed E-state index contributed by atoms with van der Waals surface area (Å²) in [7, 11) is 0. The number of halogens is 3. The van der Waals surface area contributed by atoms with Gasteiger partial charge in [0.05, 0.1) is 5.56 Å². The number of hydrogen-bond donors (Lipinski definition) is 1. The van der Waals surface area contributed by atoms with Crippen molar-refractivity contribution in [1.29, 1.82) is 0 Å². The summed E-state index contributed by atoms with van der Waals surface area (Å²) in [6.07, 6.45) is -1.18. The van der Waals surface area contributed by atoms with Gasteiger partial charge in [-0.05, 0) is 55.9 Å². The Morgan fingerprint density at radius 1 is 1.29 bits per heavy atom. The van der Waals surface area contributed by atoms with Gasteiger partial charge in [-0.25, -0.2) is 0 Å². The summed E-state index contributed by atoms with van der Waals surface area (Å²) in [4.78, 5) is 14.2. The molecule has 2 atom stereocenters. The average molecular weight is 341 g/mol. The molecule has 1 aromatic rings. The van der Waals surface area contributed by atoms with Crippen LogP contribution in [0.2, 0.25) is 0 Å². The lowest BCUT2D eigenvalue weighted by Gasteiger charge is -2.37. The third-order valence-electron chi connectivity index (χ3n) is 4.53. The Hall–Kier alpha value is -1.82. The molecule has 6 heteroatoms. The van der Waals surface area contributed by atoms with E-state index in [1.54, 1.807) is 11.8 Å². The lowest BCUT2D eigenvalue weighted by atomic mass is 9.94. The van der Waals surface area contributed by atoms with Gasteiger partial charge in [-0.3, -0.25) is 4.79 Å². The number of aliphatic hydroxyl groups is 1. The minimum absolute atomic E-state index is 0.0537. The zero-order chi connectivity index (χ0) is 17.9. The molecule has 1 fully saturated rings. The van der Waals surface area contributed by atoms with Crippen LogP contribution in [0.5, 0.6) is 0 Å². The van der Waals surface area contributed by atoms with Gasteiger partial charge in [0.2, 0.25) is 5.91 Å². The molecule has 1 aliphatic heterocycles. The number of amides is 1. The number of piperidine rings is 1. The summed E-state index contributed by atoms with van der Waals surface area (Å²) in [6.45, 7) is 4.23. The van der Waals surface area contributed by atoms with E-state index in [0.717, 1.165) is 25.0 Å². The van der Waals surface area contributed by atoms with Crippen LogP contribution in [-0.4, -0.2) is 35.1 Å². The summed E-state index contributed by atoms with van der Waals surface area (Å²) in [5.74, 6) is -0.0806. The summed E-state index contributed by atoms with van der Waals surface area (Å²) in [5.41, 5.74) is 0.493. The summed E-state index contributed by atoms with van der Waals surface area (Å²) >= 11 is 0. The molecule has 0 saturated carbocycles. The van der Waals surface area contributed by atoms with Crippen molar-refractivity contribution in [3.63, 3.8) is 0 Å². The van der Waals surface area contributed by atoms with Gasteiger partial charge in [0.1, 0.15) is 0 Å². The monoisotopic (exact) mass is 341 g/mol. The Bertz CT molecular complexity index is 608. The van der Waals surface area contributed by atoms with Crippen LogP contribution in [0.15, 0.2) is 30.3 Å². The summed E-state index contributed by atoms with van der Waals surface area (Å²) in [6, 6.07) is 4.87. The fourth-order valence-corrected chi connectivity index (χ4v) is 2.91. The molecule has 0 aliphatic carbocycles. The van der Waals surface area contributed by atoms with E-state index in [1.807, 2.05) is 6.92 Å². The van der Waals surface area contributed by atoms with Crippen molar-refractivity contribution in [2.45, 2.75) is 38.9 Å². The van der Waals surface area contributed by atoms with E-state index in [1.165, 1.54) is 18.2 Å². The van der Waals surface area contributed by atoms with Gasteiger partial charge in [0.15, 0.2) is 0 Å². The first-order valence-corrected chi connectivity index (χ1v) is 7.99. The van der Waals surface area contributed by atoms with Crippen LogP contribution in [-0.2, 0) is 11.0 Å². The molecule has 1 heterocycles. The Morgan fingerprint density at radius 2 is 1.92 bits per heavy atom. The van der Waals surface area contributed by atoms with Crippen molar-refractivity contribution in [3.05, 3.63) is 41.5 Å². The average Bonchev–Trinajstić information content (AvgIpc) is 2.54. The molecule has 24 heavy (non-hydrogen) atoms. The van der Waals surface area contributed by atoms with Crippen LogP contribution in [0.3, 0.4) is 0 Å². The predicted molar refractivity (Wildman–Crippen MR) is 86.1 cm³/mol. The van der Waals surface area contributed by atoms with Gasteiger partial charge in [-0.15, -0.1) is 0 Å². The van der Waals surface area contributed by atoms with Crippen molar-refractivity contribution >= 4 is 11.5 Å². The maximum atomic E-state index is 12.6. The van der Waals surface area contributed by atoms with E-state index in [2.05, 4.69) is 0 Å². The zero-order valence-electron chi connectivity index (χ0n) is 13.8. The molecule has 1 N–H and O–H groups in total. The Labute approximate surface area is 139 Å². The number of carbonyl (C=O) groups is 1. The van der Waals surface area contributed by atoms with Crippen LogP contribution in [0.25, 0.3) is 5.57 Å². The van der Waals surface area contributed by atoms with Gasteiger partial charge < -0.3 is 10.0 Å². The molecule has 1 saturated heterocycles. The highest BCUT2D eigenvalue weighted by atomic mass is 19.4. The zero-order valence-corrected chi connectivity index (χ0v) is 13.8. The number of carbonyl (C=O) groups excluding carboxylic acids is 1. The largest absolute Gasteiger partial charge is 0.416 e. The van der Waals surface area contributed by atoms with Gasteiger partial charge in [0, 0.05) is 25.3 Å². The third kappa shape index (κ3) is 4.38. The second kappa shape index (κ2) is 7.38. The standard InChI is InChI=1S/C18H22F3NO2/c1-12(15-5-7-16(8-6-15)18(19,20)21)9-17(24)22-10-14(11-23)4-3-13(22)2/h5-9,13-14,23H,3-4,10-11H2,1-2H3/b12-9-. The topological polar surface area (TPSA) is 40.5 Å². The maximum Gasteiger partial charge on any atom is 0.416 e. The molecule has 2 unspecified atom stereocenters. The first kappa shape index (κ1) is 18.5. The number of benzene rings is 1. The minimum atomic E-state index is -4.37. The highest BCUT2D eigenvalue weighted by Gasteiger charge is 2.30. The SMILES string of the molecule is C/C(=C/C(=O)N1CC(CO)CCC1C)c1ccc(C(F)(F)F)cc1. The number of hydrogen-bond acceptors (Lipinski definition) is 2. The molecular weight excluding hydrogens is 319 g/mol. The smallest absolute Gasteiger partial charge is 0.396 e. The molecule has 1 aromatic carbocycles. The molecule has 0 radical (unpaired) electrons. The molecule has 2 rings (SSSR count). The van der Waals surface area contributed by atoms with Crippen molar-refractivity contribution in [2.24, 2.45) is 5.92 Å². The van der Waals surface area contributed by atoms with Crippen LogP contribution in [0, 0.1) is 5.92 Å². The van der Waals surface area contributed by atoms with Crippen molar-refractivity contribution in [3.8, 4) is 0 Å². The molecule has 0 spiro atoms. The lowest BCUT2D eigenvalue weighted by Crippen LogP contribution is -2.45. The minimum Gasteiger partial charge on any atom is -0.396 e. The number of alkyl halides is 3. The first-order valence-electron chi connectivity index (χ1n) is 7.99. The number of nitrogens with zero attached hydrogens (tertiary/aromatic N) is 1. The van der Waals surface area contributed by atoms with Gasteiger partial charge in [-0.1, -0.05) is 12.1 Å². The second-order valence-corrected chi connectivity index (χ2v) is 6.37. The second-order valence-electron chi connectivity index (χ2n) is 6.37. The molecule has 1 aliphatic rings. The normalized spacial score (nSPS) is 22.6. The van der Waals surface area contributed by atoms with Gasteiger partial charge in [0.25, 0.3) is 0 Å². The van der Waals surface area contributed by atoms with Gasteiger partial charge >= 0.3 is 6.18 Å². The van der Waals surface area contributed by atoms with Crippen LogP contribution in [0.1, 0.15) is 37.8 Å². The van der Waals surface area contributed by atoms with E-state index in [9.17, 15) is 23.1 Å². The van der Waals surface area contributed by atoms with Crippen molar-refractivity contribution in [1.82, 2.24) is 4.90 Å². The van der Waals surface area contributed by atoms with Crippen LogP contribution in [0.4, 0.5) is 13.2 Å². The molecule has 0 bridgehead atoms. The number of likely N-dealkylation sites (tertiary alicyclic amines) is 1. The first-order chi connectivity index (χ1) is 11.2. The number of rotatable bonds is 3. The van der Waals surface area contributed by atoms with Crippen molar-refractivity contribution in [2.75, 3.05) is 13.2 Å². The molecule has 132 valence electrons. The Kier molecular flexibility index (Phi) is 5.70. The lowest BCUT2D eigenvalue weighted by molar-refractivity contribution is -0.137.